The summed E-state index contributed by atoms with van der Waals surface area (Å²) < 4.78 is 0. The lowest BCUT2D eigenvalue weighted by atomic mass is 10.0. The highest BCUT2D eigenvalue weighted by atomic mass is 32.2. The maximum Gasteiger partial charge on any atom is 0.183 e. The molecule has 5 nitrogen and oxygen atoms in total. The minimum absolute atomic E-state index is 0.451. The Morgan fingerprint density at radius 1 is 1.79 bits per heavy atom. The molecule has 1 unspecified atom stereocenters. The lowest BCUT2D eigenvalue weighted by molar-refractivity contribution is 0.479. The van der Waals surface area contributed by atoms with Gasteiger partial charge in [-0.25, -0.2) is 4.98 Å². The van der Waals surface area contributed by atoms with E-state index in [-0.39, 0.29) is 0 Å². The number of nitrogens with zero attached hydrogens (tertiary/aromatic N) is 3. The second-order valence-electron chi connectivity index (χ2n) is 3.08. The van der Waals surface area contributed by atoms with Gasteiger partial charge in [-0.05, 0) is 20.4 Å². The number of hydrogen-bond donors (Lipinski definition) is 2. The third-order valence-corrected chi connectivity index (χ3v) is 2.91. The topological polar surface area (TPSA) is 77.4 Å². The van der Waals surface area contributed by atoms with E-state index >= 15 is 0 Å². The average Bonchev–Trinajstić information content (AvgIpc) is 2.70. The Balaban J connectivity index is 2.31. The number of H-pyrrole nitrogens is 1. The van der Waals surface area contributed by atoms with Crippen molar-refractivity contribution in [1.29, 1.82) is 5.26 Å². The largest absolute Gasteiger partial charge is 0.303 e. The van der Waals surface area contributed by atoms with Crippen molar-refractivity contribution < 1.29 is 0 Å². The molecular weight excluding hydrogens is 198 g/mol. The van der Waals surface area contributed by atoms with E-state index in [0.717, 1.165) is 17.3 Å². The number of rotatable bonds is 5. The fraction of sp³-hybridized carbons (Fsp3) is 0.625. The van der Waals surface area contributed by atoms with Gasteiger partial charge in [-0.1, -0.05) is 11.8 Å². The molecule has 6 heteroatoms. The molecule has 0 amide bonds. The van der Waals surface area contributed by atoms with Crippen LogP contribution < -0.4 is 5.32 Å². The molecule has 0 aliphatic carbocycles. The van der Waals surface area contributed by atoms with Gasteiger partial charge in [0.1, 0.15) is 11.9 Å². The molecule has 2 N–H and O–H groups in total. The first kappa shape index (κ1) is 11.0. The lowest BCUT2D eigenvalue weighted by Gasteiger charge is -2.19. The second kappa shape index (κ2) is 4.98. The standard InChI is InChI=1S/C8H13N5S/c1-8(5-9,10-2)3-4-14-7-11-6-12-13-7/h6,10H,3-4H2,1-2H3,(H,11,12,13). The maximum absolute atomic E-state index is 8.88. The summed E-state index contributed by atoms with van der Waals surface area (Å²) in [4.78, 5) is 3.98. The van der Waals surface area contributed by atoms with Crippen molar-refractivity contribution in [2.75, 3.05) is 12.8 Å². The molecule has 0 bridgehead atoms. The Morgan fingerprint density at radius 2 is 2.57 bits per heavy atom. The van der Waals surface area contributed by atoms with Crippen molar-refractivity contribution in [2.45, 2.75) is 24.0 Å². The molecule has 0 fully saturated rings. The van der Waals surface area contributed by atoms with E-state index in [1.54, 1.807) is 18.8 Å². The van der Waals surface area contributed by atoms with Gasteiger partial charge in [-0.15, -0.1) is 0 Å². The molecule has 0 saturated carbocycles. The van der Waals surface area contributed by atoms with Crippen LogP contribution in [-0.4, -0.2) is 33.5 Å². The minimum Gasteiger partial charge on any atom is -0.303 e. The van der Waals surface area contributed by atoms with E-state index in [1.807, 2.05) is 6.92 Å². The van der Waals surface area contributed by atoms with Gasteiger partial charge in [0.2, 0.25) is 0 Å². The van der Waals surface area contributed by atoms with Crippen LogP contribution in [0, 0.1) is 11.3 Å². The molecule has 1 aromatic rings. The van der Waals surface area contributed by atoms with E-state index in [9.17, 15) is 0 Å². The van der Waals surface area contributed by atoms with Crippen LogP contribution in [0.5, 0.6) is 0 Å². The fourth-order valence-electron chi connectivity index (χ4n) is 0.852. The number of thioether (sulfide) groups is 1. The molecule has 0 aromatic carbocycles. The molecular formula is C8H13N5S. The highest BCUT2D eigenvalue weighted by molar-refractivity contribution is 7.99. The number of nitriles is 1. The molecule has 1 aromatic heterocycles. The van der Waals surface area contributed by atoms with Crippen molar-refractivity contribution >= 4 is 11.8 Å². The number of hydrogen-bond acceptors (Lipinski definition) is 5. The predicted octanol–water partition coefficient (Wildman–Crippen LogP) is 0.789. The molecule has 1 rings (SSSR count). The summed E-state index contributed by atoms with van der Waals surface area (Å²) in [5.74, 6) is 0.833. The van der Waals surface area contributed by atoms with Gasteiger partial charge in [0.05, 0.1) is 6.07 Å². The van der Waals surface area contributed by atoms with Gasteiger partial charge < -0.3 is 5.32 Å². The van der Waals surface area contributed by atoms with E-state index in [0.29, 0.717) is 0 Å². The first-order valence-corrected chi connectivity index (χ1v) is 5.27. The van der Waals surface area contributed by atoms with Crippen LogP contribution in [0.2, 0.25) is 0 Å². The van der Waals surface area contributed by atoms with Crippen molar-refractivity contribution in [3.05, 3.63) is 6.33 Å². The fourth-order valence-corrected chi connectivity index (χ4v) is 1.80. The third-order valence-electron chi connectivity index (χ3n) is 2.03. The van der Waals surface area contributed by atoms with Crippen molar-refractivity contribution in [2.24, 2.45) is 0 Å². The molecule has 0 radical (unpaired) electrons. The van der Waals surface area contributed by atoms with E-state index in [4.69, 9.17) is 5.26 Å². The Kier molecular flexibility index (Phi) is 3.92. The first-order valence-electron chi connectivity index (χ1n) is 4.28. The average molecular weight is 211 g/mol. The Bertz CT molecular complexity index is 304. The molecule has 1 heterocycles. The molecule has 0 aliphatic heterocycles. The smallest absolute Gasteiger partial charge is 0.183 e. The zero-order valence-electron chi connectivity index (χ0n) is 8.24. The second-order valence-corrected chi connectivity index (χ2v) is 4.17. The highest BCUT2D eigenvalue weighted by Crippen LogP contribution is 2.17. The molecule has 1 atom stereocenters. The SMILES string of the molecule is CNC(C)(C#N)CCSc1ncn[nH]1. The molecule has 0 aliphatic rings. The Hall–Kier alpha value is -1.06. The molecule has 76 valence electrons. The highest BCUT2D eigenvalue weighted by Gasteiger charge is 2.20. The van der Waals surface area contributed by atoms with Gasteiger partial charge in [0.25, 0.3) is 0 Å². The predicted molar refractivity (Wildman–Crippen MR) is 54.8 cm³/mol. The van der Waals surface area contributed by atoms with Crippen molar-refractivity contribution in [3.63, 3.8) is 0 Å². The summed E-state index contributed by atoms with van der Waals surface area (Å²) >= 11 is 1.56. The van der Waals surface area contributed by atoms with Crippen molar-refractivity contribution in [3.8, 4) is 6.07 Å². The van der Waals surface area contributed by atoms with Crippen LogP contribution >= 0.6 is 11.8 Å². The van der Waals surface area contributed by atoms with Gasteiger partial charge in [-0.3, -0.25) is 5.10 Å². The number of aromatic amines is 1. The zero-order valence-corrected chi connectivity index (χ0v) is 9.06. The van der Waals surface area contributed by atoms with Crippen LogP contribution in [0.1, 0.15) is 13.3 Å². The summed E-state index contributed by atoms with van der Waals surface area (Å²) in [7, 11) is 1.79. The van der Waals surface area contributed by atoms with Gasteiger partial charge >= 0.3 is 0 Å². The maximum atomic E-state index is 8.88. The van der Waals surface area contributed by atoms with E-state index in [1.165, 1.54) is 6.33 Å². The Morgan fingerprint density at radius 3 is 3.07 bits per heavy atom. The lowest BCUT2D eigenvalue weighted by Crippen LogP contribution is -2.38. The van der Waals surface area contributed by atoms with Crippen LogP contribution in [0.4, 0.5) is 0 Å². The van der Waals surface area contributed by atoms with Gasteiger partial charge in [-0.2, -0.15) is 10.4 Å². The van der Waals surface area contributed by atoms with Crippen LogP contribution in [0.3, 0.4) is 0 Å². The van der Waals surface area contributed by atoms with Gasteiger partial charge in [0, 0.05) is 5.75 Å². The van der Waals surface area contributed by atoms with E-state index in [2.05, 4.69) is 26.6 Å². The Labute approximate surface area is 87.3 Å². The number of aromatic nitrogens is 3. The normalized spacial score (nSPS) is 14.6. The van der Waals surface area contributed by atoms with Crippen molar-refractivity contribution in [1.82, 2.24) is 20.5 Å². The third kappa shape index (κ3) is 3.01. The monoisotopic (exact) mass is 211 g/mol. The number of nitrogens with one attached hydrogen (secondary N) is 2. The van der Waals surface area contributed by atoms with Gasteiger partial charge in [0.15, 0.2) is 5.16 Å². The first-order chi connectivity index (χ1) is 6.70. The van der Waals surface area contributed by atoms with Crippen LogP contribution in [-0.2, 0) is 0 Å². The molecule has 0 spiro atoms. The minimum atomic E-state index is -0.451. The summed E-state index contributed by atoms with van der Waals surface area (Å²) in [6.07, 6.45) is 2.25. The molecule has 0 saturated heterocycles. The molecule has 14 heavy (non-hydrogen) atoms. The zero-order chi connectivity index (χ0) is 10.4. The van der Waals surface area contributed by atoms with E-state index < -0.39 is 5.54 Å². The van der Waals surface area contributed by atoms with Crippen LogP contribution in [0.15, 0.2) is 11.5 Å². The summed E-state index contributed by atoms with van der Waals surface area (Å²) in [5.41, 5.74) is -0.451. The quantitative estimate of drug-likeness (QED) is 0.704. The summed E-state index contributed by atoms with van der Waals surface area (Å²) in [6.45, 7) is 1.88. The van der Waals surface area contributed by atoms with Crippen LogP contribution in [0.25, 0.3) is 0 Å². The summed E-state index contributed by atoms with van der Waals surface area (Å²) in [5, 5.41) is 19.2. The summed E-state index contributed by atoms with van der Waals surface area (Å²) in [6, 6.07) is 2.24.